The molecule has 0 radical (unpaired) electrons. The Bertz CT molecular complexity index is 718. The normalized spacial score (nSPS) is 15.4. The third kappa shape index (κ3) is 2.63. The third-order valence-electron chi connectivity index (χ3n) is 2.83. The van der Waals surface area contributed by atoms with E-state index in [1.165, 1.54) is 6.08 Å². The number of fused-ring (bicyclic) bond motifs is 1. The molecular formula is C16H10ClNO2. The van der Waals surface area contributed by atoms with Crippen LogP contribution in [0.25, 0.3) is 0 Å². The van der Waals surface area contributed by atoms with E-state index in [0.717, 1.165) is 5.56 Å². The molecule has 0 aliphatic carbocycles. The highest BCUT2D eigenvalue weighted by molar-refractivity contribution is 6.30. The number of benzene rings is 2. The summed E-state index contributed by atoms with van der Waals surface area (Å²) in [5, 5.41) is 0.656. The average Bonchev–Trinajstić information content (AvgIpc) is 2.44. The quantitative estimate of drug-likeness (QED) is 0.587. The second kappa shape index (κ2) is 5.31. The number of nitrogens with zero attached hydrogens (tertiary/aromatic N) is 1. The molecule has 2 aromatic rings. The lowest BCUT2D eigenvalue weighted by Crippen LogP contribution is -2.08. The van der Waals surface area contributed by atoms with Gasteiger partial charge in [-0.2, -0.15) is 0 Å². The Labute approximate surface area is 121 Å². The third-order valence-corrected chi connectivity index (χ3v) is 3.09. The molecule has 0 saturated carbocycles. The predicted molar refractivity (Wildman–Crippen MR) is 78.9 cm³/mol. The smallest absolute Gasteiger partial charge is 0.336 e. The van der Waals surface area contributed by atoms with Crippen molar-refractivity contribution in [2.24, 2.45) is 4.99 Å². The SMILES string of the molecule is O=C1/C=C\C(c2ccc(Cl)cc2)=Nc2ccccc2O1. The van der Waals surface area contributed by atoms with Crippen LogP contribution in [0.5, 0.6) is 5.75 Å². The summed E-state index contributed by atoms with van der Waals surface area (Å²) in [6.45, 7) is 0. The van der Waals surface area contributed by atoms with Gasteiger partial charge in [-0.1, -0.05) is 35.9 Å². The van der Waals surface area contributed by atoms with E-state index in [0.29, 0.717) is 22.2 Å². The van der Waals surface area contributed by atoms with Crippen LogP contribution in [0.4, 0.5) is 5.69 Å². The second-order valence-corrected chi connectivity index (χ2v) is 4.66. The van der Waals surface area contributed by atoms with Crippen molar-refractivity contribution in [2.75, 3.05) is 0 Å². The van der Waals surface area contributed by atoms with Gasteiger partial charge in [0, 0.05) is 16.7 Å². The maximum Gasteiger partial charge on any atom is 0.336 e. The summed E-state index contributed by atoms with van der Waals surface area (Å²) in [4.78, 5) is 16.2. The summed E-state index contributed by atoms with van der Waals surface area (Å²) in [6.07, 6.45) is 3.00. The molecule has 0 atom stereocenters. The van der Waals surface area contributed by atoms with E-state index in [2.05, 4.69) is 4.99 Å². The Kier molecular flexibility index (Phi) is 3.35. The lowest BCUT2D eigenvalue weighted by Gasteiger charge is -2.10. The zero-order valence-electron chi connectivity index (χ0n) is 10.4. The average molecular weight is 284 g/mol. The van der Waals surface area contributed by atoms with Gasteiger partial charge in [-0.15, -0.1) is 0 Å². The van der Waals surface area contributed by atoms with Crippen molar-refractivity contribution in [1.29, 1.82) is 0 Å². The fourth-order valence-electron chi connectivity index (χ4n) is 1.87. The highest BCUT2D eigenvalue weighted by atomic mass is 35.5. The van der Waals surface area contributed by atoms with Gasteiger partial charge < -0.3 is 4.74 Å². The van der Waals surface area contributed by atoms with Crippen molar-refractivity contribution in [3.05, 3.63) is 71.3 Å². The highest BCUT2D eigenvalue weighted by Crippen LogP contribution is 2.29. The molecule has 0 N–H and O–H groups in total. The molecule has 0 aromatic heterocycles. The number of aliphatic imine (C=N–C) groups is 1. The maximum atomic E-state index is 11.6. The van der Waals surface area contributed by atoms with Crippen molar-refractivity contribution in [3.8, 4) is 5.75 Å². The first kappa shape index (κ1) is 12.6. The minimum atomic E-state index is -0.418. The molecule has 1 heterocycles. The fourth-order valence-corrected chi connectivity index (χ4v) is 2.00. The van der Waals surface area contributed by atoms with E-state index >= 15 is 0 Å². The van der Waals surface area contributed by atoms with E-state index in [4.69, 9.17) is 16.3 Å². The largest absolute Gasteiger partial charge is 0.421 e. The molecule has 1 aliphatic heterocycles. The number of allylic oxidation sites excluding steroid dienone is 1. The van der Waals surface area contributed by atoms with Gasteiger partial charge in [0.1, 0.15) is 5.69 Å². The predicted octanol–water partition coefficient (Wildman–Crippen LogP) is 3.94. The molecule has 0 saturated heterocycles. The number of para-hydroxylation sites is 2. The van der Waals surface area contributed by atoms with Gasteiger partial charge in [-0.05, 0) is 30.3 Å². The van der Waals surface area contributed by atoms with Gasteiger partial charge in [-0.25, -0.2) is 9.79 Å². The maximum absolute atomic E-state index is 11.6. The molecule has 98 valence electrons. The van der Waals surface area contributed by atoms with E-state index in [-0.39, 0.29) is 0 Å². The molecule has 3 nitrogen and oxygen atoms in total. The van der Waals surface area contributed by atoms with Crippen LogP contribution in [0, 0.1) is 0 Å². The summed E-state index contributed by atoms with van der Waals surface area (Å²) in [7, 11) is 0. The van der Waals surface area contributed by atoms with Gasteiger partial charge in [0.15, 0.2) is 5.75 Å². The lowest BCUT2D eigenvalue weighted by molar-refractivity contribution is -0.128. The van der Waals surface area contributed by atoms with Gasteiger partial charge in [0.2, 0.25) is 0 Å². The summed E-state index contributed by atoms with van der Waals surface area (Å²) in [5.74, 6) is 0.0344. The number of carbonyl (C=O) groups is 1. The first-order valence-corrected chi connectivity index (χ1v) is 6.44. The van der Waals surface area contributed by atoms with Crippen molar-refractivity contribution in [3.63, 3.8) is 0 Å². The van der Waals surface area contributed by atoms with Crippen LogP contribution in [0.1, 0.15) is 5.56 Å². The Balaban J connectivity index is 2.12. The van der Waals surface area contributed by atoms with Crippen molar-refractivity contribution >= 4 is 29.0 Å². The van der Waals surface area contributed by atoms with Crippen molar-refractivity contribution in [2.45, 2.75) is 0 Å². The number of carbonyl (C=O) groups excluding carboxylic acids is 1. The van der Waals surface area contributed by atoms with Crippen LogP contribution in [0.3, 0.4) is 0 Å². The van der Waals surface area contributed by atoms with E-state index in [9.17, 15) is 4.79 Å². The minimum absolute atomic E-state index is 0.418. The van der Waals surface area contributed by atoms with Crippen LogP contribution < -0.4 is 4.74 Å². The van der Waals surface area contributed by atoms with Crippen molar-refractivity contribution in [1.82, 2.24) is 0 Å². The number of hydrogen-bond acceptors (Lipinski definition) is 3. The molecule has 3 rings (SSSR count). The Hall–Kier alpha value is -2.39. The number of rotatable bonds is 1. The van der Waals surface area contributed by atoms with Gasteiger partial charge >= 0.3 is 5.97 Å². The van der Waals surface area contributed by atoms with E-state index in [1.54, 1.807) is 36.4 Å². The summed E-state index contributed by atoms with van der Waals surface area (Å²) in [6, 6.07) is 14.5. The van der Waals surface area contributed by atoms with Gasteiger partial charge in [0.25, 0.3) is 0 Å². The number of ether oxygens (including phenoxy) is 1. The molecule has 0 unspecified atom stereocenters. The molecule has 4 heteroatoms. The summed E-state index contributed by atoms with van der Waals surface area (Å²) in [5.41, 5.74) is 2.19. The Morgan fingerprint density at radius 1 is 0.950 bits per heavy atom. The standard InChI is InChI=1S/C16H10ClNO2/c17-12-7-5-11(6-8-12)13-9-10-16(19)20-15-4-2-1-3-14(15)18-13/h1-10H/b10-9-,18-13?. The zero-order valence-corrected chi connectivity index (χ0v) is 11.2. The van der Waals surface area contributed by atoms with Gasteiger partial charge in [0.05, 0.1) is 5.71 Å². The summed E-state index contributed by atoms with van der Waals surface area (Å²) < 4.78 is 5.19. The minimum Gasteiger partial charge on any atom is -0.421 e. The van der Waals surface area contributed by atoms with Gasteiger partial charge in [-0.3, -0.25) is 0 Å². The van der Waals surface area contributed by atoms with E-state index in [1.807, 2.05) is 18.2 Å². The van der Waals surface area contributed by atoms with Crippen LogP contribution in [-0.4, -0.2) is 11.7 Å². The lowest BCUT2D eigenvalue weighted by atomic mass is 10.1. The first-order valence-electron chi connectivity index (χ1n) is 6.06. The first-order chi connectivity index (χ1) is 9.72. The fraction of sp³-hybridized carbons (Fsp3) is 0. The molecular weight excluding hydrogens is 274 g/mol. The Morgan fingerprint density at radius 3 is 2.50 bits per heavy atom. The van der Waals surface area contributed by atoms with Crippen LogP contribution in [-0.2, 0) is 4.79 Å². The number of halogens is 1. The topological polar surface area (TPSA) is 38.7 Å². The molecule has 20 heavy (non-hydrogen) atoms. The Morgan fingerprint density at radius 2 is 1.70 bits per heavy atom. The summed E-state index contributed by atoms with van der Waals surface area (Å²) >= 11 is 5.88. The molecule has 0 spiro atoms. The van der Waals surface area contributed by atoms with Crippen molar-refractivity contribution < 1.29 is 9.53 Å². The monoisotopic (exact) mass is 283 g/mol. The molecule has 0 fully saturated rings. The highest BCUT2D eigenvalue weighted by Gasteiger charge is 2.11. The van der Waals surface area contributed by atoms with Crippen LogP contribution in [0.2, 0.25) is 5.02 Å². The molecule has 0 bridgehead atoms. The zero-order chi connectivity index (χ0) is 13.9. The van der Waals surface area contributed by atoms with E-state index < -0.39 is 5.97 Å². The second-order valence-electron chi connectivity index (χ2n) is 4.23. The van der Waals surface area contributed by atoms with Crippen LogP contribution >= 0.6 is 11.6 Å². The molecule has 2 aromatic carbocycles. The molecule has 0 amide bonds. The van der Waals surface area contributed by atoms with Crippen LogP contribution in [0.15, 0.2) is 65.7 Å². The number of hydrogen-bond donors (Lipinski definition) is 0. The molecule has 1 aliphatic rings. The number of esters is 1.